The third-order valence-corrected chi connectivity index (χ3v) is 3.29. The number of halogens is 1. The molecule has 0 aliphatic carbocycles. The summed E-state index contributed by atoms with van der Waals surface area (Å²) >= 11 is 3.45. The van der Waals surface area contributed by atoms with Crippen molar-refractivity contribution >= 4 is 15.9 Å². The highest BCUT2D eigenvalue weighted by Gasteiger charge is 2.29. The van der Waals surface area contributed by atoms with Crippen LogP contribution in [-0.2, 0) is 4.74 Å². The number of allylic oxidation sites excluding steroid dienone is 1. The molecule has 0 aromatic carbocycles. The lowest BCUT2D eigenvalue weighted by atomic mass is 9.77. The van der Waals surface area contributed by atoms with Gasteiger partial charge in [-0.3, -0.25) is 0 Å². The Bertz CT molecular complexity index is 148. The van der Waals surface area contributed by atoms with Gasteiger partial charge in [-0.2, -0.15) is 0 Å². The van der Waals surface area contributed by atoms with Crippen LogP contribution in [0.2, 0.25) is 0 Å². The summed E-state index contributed by atoms with van der Waals surface area (Å²) in [6.45, 7) is 8.13. The van der Waals surface area contributed by atoms with Gasteiger partial charge < -0.3 is 4.74 Å². The smallest absolute Gasteiger partial charge is 0.0474 e. The molecule has 0 aromatic heterocycles. The maximum Gasteiger partial charge on any atom is 0.0474 e. The highest BCUT2D eigenvalue weighted by molar-refractivity contribution is 9.09. The zero-order valence-corrected chi connectivity index (χ0v) is 8.61. The molecule has 0 radical (unpaired) electrons. The largest absolute Gasteiger partial charge is 0.381 e. The second kappa shape index (κ2) is 3.72. The molecule has 1 nitrogen and oxygen atoms in total. The molecular formula is C9H15BrO. The second-order valence-electron chi connectivity index (χ2n) is 3.41. The summed E-state index contributed by atoms with van der Waals surface area (Å²) in [7, 11) is 0. The number of hydrogen-bond acceptors (Lipinski definition) is 1. The van der Waals surface area contributed by atoms with E-state index in [-0.39, 0.29) is 0 Å². The number of ether oxygens (including phenoxy) is 1. The molecular weight excluding hydrogens is 204 g/mol. The Morgan fingerprint density at radius 2 is 2.09 bits per heavy atom. The van der Waals surface area contributed by atoms with Crippen molar-refractivity contribution in [2.24, 2.45) is 5.41 Å². The molecule has 2 heteroatoms. The van der Waals surface area contributed by atoms with E-state index in [2.05, 4.69) is 29.4 Å². The quantitative estimate of drug-likeness (QED) is 0.512. The lowest BCUT2D eigenvalue weighted by molar-refractivity contribution is 0.0407. The van der Waals surface area contributed by atoms with Crippen LogP contribution in [0.25, 0.3) is 0 Å². The zero-order chi connectivity index (χ0) is 8.32. The number of hydrogen-bond donors (Lipinski definition) is 0. The van der Waals surface area contributed by atoms with E-state index in [0.717, 1.165) is 31.4 Å². The van der Waals surface area contributed by atoms with Crippen LogP contribution in [0, 0.1) is 5.41 Å². The highest BCUT2D eigenvalue weighted by Crippen LogP contribution is 2.37. The molecule has 1 heterocycles. The zero-order valence-electron chi connectivity index (χ0n) is 7.03. The second-order valence-corrected chi connectivity index (χ2v) is 3.97. The van der Waals surface area contributed by atoms with Crippen molar-refractivity contribution < 1.29 is 4.74 Å². The standard InChI is InChI=1S/C9H15BrO/c1-8(7-10)9(2)3-5-11-6-4-9/h1,3-7H2,2H3. The van der Waals surface area contributed by atoms with Crippen molar-refractivity contribution in [1.82, 2.24) is 0 Å². The first-order valence-electron chi connectivity index (χ1n) is 4.01. The van der Waals surface area contributed by atoms with Gasteiger partial charge in [0.05, 0.1) is 0 Å². The van der Waals surface area contributed by atoms with E-state index in [1.807, 2.05) is 0 Å². The Balaban J connectivity index is 2.56. The van der Waals surface area contributed by atoms with E-state index in [4.69, 9.17) is 4.74 Å². The average molecular weight is 219 g/mol. The van der Waals surface area contributed by atoms with Crippen molar-refractivity contribution in [3.63, 3.8) is 0 Å². The Kier molecular flexibility index (Phi) is 3.14. The molecule has 0 unspecified atom stereocenters. The normalized spacial score (nSPS) is 23.1. The minimum absolute atomic E-state index is 0.321. The van der Waals surface area contributed by atoms with Gasteiger partial charge in [-0.05, 0) is 18.3 Å². The lowest BCUT2D eigenvalue weighted by Gasteiger charge is -2.34. The van der Waals surface area contributed by atoms with Crippen LogP contribution < -0.4 is 0 Å². The minimum atomic E-state index is 0.321. The SMILES string of the molecule is C=C(CBr)C1(C)CCOCC1. The van der Waals surface area contributed by atoms with E-state index in [1.165, 1.54) is 5.57 Å². The molecule has 0 bridgehead atoms. The number of alkyl halides is 1. The van der Waals surface area contributed by atoms with Crippen LogP contribution in [0.1, 0.15) is 19.8 Å². The van der Waals surface area contributed by atoms with E-state index in [9.17, 15) is 0 Å². The van der Waals surface area contributed by atoms with Crippen LogP contribution in [0.5, 0.6) is 0 Å². The van der Waals surface area contributed by atoms with Gasteiger partial charge in [0, 0.05) is 18.5 Å². The van der Waals surface area contributed by atoms with Gasteiger partial charge in [0.15, 0.2) is 0 Å². The first kappa shape index (κ1) is 9.27. The van der Waals surface area contributed by atoms with Gasteiger partial charge in [0.2, 0.25) is 0 Å². The highest BCUT2D eigenvalue weighted by atomic mass is 79.9. The van der Waals surface area contributed by atoms with Crippen LogP contribution in [0.3, 0.4) is 0 Å². The molecule has 11 heavy (non-hydrogen) atoms. The Morgan fingerprint density at radius 3 is 2.55 bits per heavy atom. The number of rotatable bonds is 2. The summed E-state index contributed by atoms with van der Waals surface area (Å²) < 4.78 is 5.30. The van der Waals surface area contributed by atoms with Gasteiger partial charge >= 0.3 is 0 Å². The molecule has 0 amide bonds. The summed E-state index contributed by atoms with van der Waals surface area (Å²) in [4.78, 5) is 0. The summed E-state index contributed by atoms with van der Waals surface area (Å²) in [6, 6.07) is 0. The van der Waals surface area contributed by atoms with Crippen molar-refractivity contribution in [3.8, 4) is 0 Å². The third kappa shape index (κ3) is 2.06. The lowest BCUT2D eigenvalue weighted by Crippen LogP contribution is -2.28. The molecule has 0 atom stereocenters. The fourth-order valence-electron chi connectivity index (χ4n) is 1.34. The van der Waals surface area contributed by atoms with E-state index >= 15 is 0 Å². The van der Waals surface area contributed by atoms with Crippen LogP contribution >= 0.6 is 15.9 Å². The van der Waals surface area contributed by atoms with Crippen LogP contribution in [0.4, 0.5) is 0 Å². The predicted molar refractivity (Wildman–Crippen MR) is 51.1 cm³/mol. The maximum atomic E-state index is 5.30. The Hall–Kier alpha value is 0.180. The molecule has 64 valence electrons. The average Bonchev–Trinajstić information content (AvgIpc) is 2.04. The fraction of sp³-hybridized carbons (Fsp3) is 0.778. The third-order valence-electron chi connectivity index (χ3n) is 2.61. The topological polar surface area (TPSA) is 9.23 Å². The predicted octanol–water partition coefficient (Wildman–Crippen LogP) is 2.75. The summed E-state index contributed by atoms with van der Waals surface area (Å²) in [5.74, 6) is 0. The monoisotopic (exact) mass is 218 g/mol. The summed E-state index contributed by atoms with van der Waals surface area (Å²) in [6.07, 6.45) is 2.24. The van der Waals surface area contributed by atoms with Gasteiger partial charge in [-0.15, -0.1) is 0 Å². The molecule has 1 aliphatic rings. The van der Waals surface area contributed by atoms with E-state index in [0.29, 0.717) is 5.41 Å². The van der Waals surface area contributed by atoms with Gasteiger partial charge in [-0.25, -0.2) is 0 Å². The van der Waals surface area contributed by atoms with Crippen molar-refractivity contribution in [2.45, 2.75) is 19.8 Å². The Morgan fingerprint density at radius 1 is 1.55 bits per heavy atom. The van der Waals surface area contributed by atoms with E-state index < -0.39 is 0 Å². The van der Waals surface area contributed by atoms with Gasteiger partial charge in [-0.1, -0.05) is 35.0 Å². The van der Waals surface area contributed by atoms with Gasteiger partial charge in [0.1, 0.15) is 0 Å². The maximum absolute atomic E-state index is 5.30. The molecule has 1 fully saturated rings. The first-order chi connectivity index (χ1) is 5.19. The van der Waals surface area contributed by atoms with Crippen molar-refractivity contribution in [2.75, 3.05) is 18.5 Å². The molecule has 1 saturated heterocycles. The summed E-state index contributed by atoms with van der Waals surface area (Å²) in [5, 5.41) is 0.920. The van der Waals surface area contributed by atoms with Crippen LogP contribution in [-0.4, -0.2) is 18.5 Å². The molecule has 1 rings (SSSR count). The molecule has 0 N–H and O–H groups in total. The van der Waals surface area contributed by atoms with Crippen LogP contribution in [0.15, 0.2) is 12.2 Å². The van der Waals surface area contributed by atoms with Crippen molar-refractivity contribution in [3.05, 3.63) is 12.2 Å². The van der Waals surface area contributed by atoms with E-state index in [1.54, 1.807) is 0 Å². The molecule has 1 aliphatic heterocycles. The molecule has 0 spiro atoms. The molecule has 0 saturated carbocycles. The van der Waals surface area contributed by atoms with Gasteiger partial charge in [0.25, 0.3) is 0 Å². The minimum Gasteiger partial charge on any atom is -0.381 e. The fourth-order valence-corrected chi connectivity index (χ4v) is 2.01. The first-order valence-corrected chi connectivity index (χ1v) is 5.13. The molecule has 0 aromatic rings. The Labute approximate surface area is 76.9 Å². The van der Waals surface area contributed by atoms with Crippen molar-refractivity contribution in [1.29, 1.82) is 0 Å². The summed E-state index contributed by atoms with van der Waals surface area (Å²) in [5.41, 5.74) is 1.63.